The standard InChI is InChI=1S/C18H14Cl3F2N3O2S/c1-10-9-24-17(29-10)26(12-3-5-13(6-4-12)28-18(21,22)23)16(27)25-11-2-7-14(19)15(20)8-11/h2-8,10H,9H2,1H3,(H,25,27)/t10-/m1/s1. The van der Waals surface area contributed by atoms with Gasteiger partial charge in [0.05, 0.1) is 22.3 Å². The number of benzene rings is 2. The van der Waals surface area contributed by atoms with Crippen molar-refractivity contribution in [3.8, 4) is 5.75 Å². The molecule has 0 saturated carbocycles. The molecule has 1 atom stereocenters. The van der Waals surface area contributed by atoms with Crippen molar-refractivity contribution in [3.63, 3.8) is 0 Å². The summed E-state index contributed by atoms with van der Waals surface area (Å²) in [6.07, 6.45) is 0. The quantitative estimate of drug-likeness (QED) is 0.496. The summed E-state index contributed by atoms with van der Waals surface area (Å²) >= 11 is 18.1. The molecule has 0 radical (unpaired) electrons. The summed E-state index contributed by atoms with van der Waals surface area (Å²) < 4.78 is 29.9. The van der Waals surface area contributed by atoms with Crippen LogP contribution in [0.2, 0.25) is 10.0 Å². The van der Waals surface area contributed by atoms with Gasteiger partial charge in [-0.2, -0.15) is 0 Å². The Kier molecular flexibility index (Phi) is 6.78. The molecular weight excluding hydrogens is 467 g/mol. The normalized spacial score (nSPS) is 16.3. The summed E-state index contributed by atoms with van der Waals surface area (Å²) in [4.78, 5) is 18.7. The van der Waals surface area contributed by atoms with Crippen molar-refractivity contribution in [1.29, 1.82) is 0 Å². The van der Waals surface area contributed by atoms with E-state index in [2.05, 4.69) is 15.0 Å². The number of halogens is 5. The van der Waals surface area contributed by atoms with Gasteiger partial charge in [0.2, 0.25) is 0 Å². The lowest BCUT2D eigenvalue weighted by atomic mass is 10.3. The third kappa shape index (κ3) is 5.88. The van der Waals surface area contributed by atoms with E-state index in [-0.39, 0.29) is 11.0 Å². The lowest BCUT2D eigenvalue weighted by Gasteiger charge is -2.23. The van der Waals surface area contributed by atoms with Gasteiger partial charge in [-0.25, -0.2) is 9.69 Å². The van der Waals surface area contributed by atoms with E-state index < -0.39 is 11.6 Å². The van der Waals surface area contributed by atoms with Gasteiger partial charge < -0.3 is 10.1 Å². The van der Waals surface area contributed by atoms with Gasteiger partial charge in [-0.15, -0.1) is 8.78 Å². The molecule has 0 bridgehead atoms. The van der Waals surface area contributed by atoms with Crippen LogP contribution in [0, 0.1) is 0 Å². The zero-order valence-corrected chi connectivity index (χ0v) is 17.9. The van der Waals surface area contributed by atoms with E-state index >= 15 is 0 Å². The van der Waals surface area contributed by atoms with E-state index in [1.165, 1.54) is 47.0 Å². The number of carbonyl (C=O) groups excluding carboxylic acids is 1. The number of amides is 2. The van der Waals surface area contributed by atoms with Crippen LogP contribution in [-0.4, -0.2) is 28.6 Å². The highest BCUT2D eigenvalue weighted by molar-refractivity contribution is 8.15. The molecule has 0 fully saturated rings. The minimum Gasteiger partial charge on any atom is -0.420 e. The van der Waals surface area contributed by atoms with Gasteiger partial charge in [-0.1, -0.05) is 41.9 Å². The van der Waals surface area contributed by atoms with E-state index in [0.29, 0.717) is 33.1 Å². The summed E-state index contributed by atoms with van der Waals surface area (Å²) in [5, 5.41) is 4.06. The Balaban J connectivity index is 1.86. The first-order valence-electron chi connectivity index (χ1n) is 8.25. The van der Waals surface area contributed by atoms with Gasteiger partial charge in [-0.3, -0.25) is 4.99 Å². The number of aliphatic imine (C=N–C) groups is 1. The summed E-state index contributed by atoms with van der Waals surface area (Å²) in [5.74, 6) is -0.145. The van der Waals surface area contributed by atoms with Gasteiger partial charge in [0, 0.05) is 22.5 Å². The van der Waals surface area contributed by atoms with Crippen molar-refractivity contribution in [3.05, 3.63) is 52.5 Å². The van der Waals surface area contributed by atoms with Crippen LogP contribution >= 0.6 is 46.6 Å². The lowest BCUT2D eigenvalue weighted by molar-refractivity contribution is -0.0964. The van der Waals surface area contributed by atoms with Gasteiger partial charge in [0.1, 0.15) is 5.75 Å². The highest BCUT2D eigenvalue weighted by Crippen LogP contribution is 2.31. The van der Waals surface area contributed by atoms with Crippen LogP contribution in [0.25, 0.3) is 0 Å². The van der Waals surface area contributed by atoms with Gasteiger partial charge in [0.25, 0.3) is 0 Å². The largest absolute Gasteiger partial charge is 0.487 e. The predicted molar refractivity (Wildman–Crippen MR) is 115 cm³/mol. The smallest absolute Gasteiger partial charge is 0.420 e. The summed E-state index contributed by atoms with van der Waals surface area (Å²) in [6.45, 7) is 2.53. The number of rotatable bonds is 4. The fourth-order valence-corrected chi connectivity index (χ4v) is 3.79. The Bertz CT molecular complexity index is 939. The Morgan fingerprint density at radius 1 is 1.24 bits per heavy atom. The molecular formula is C18H14Cl3F2N3O2S. The van der Waals surface area contributed by atoms with Gasteiger partial charge >= 0.3 is 11.6 Å². The van der Waals surface area contributed by atoms with E-state index in [9.17, 15) is 13.6 Å². The summed E-state index contributed by atoms with van der Waals surface area (Å²) in [6, 6.07) is 9.67. The molecule has 1 heterocycles. The first-order valence-corrected chi connectivity index (χ1v) is 10.3. The predicted octanol–water partition coefficient (Wildman–Crippen LogP) is 6.69. The number of anilines is 2. The summed E-state index contributed by atoms with van der Waals surface area (Å²) in [7, 11) is 0. The molecule has 2 aromatic carbocycles. The number of alkyl halides is 3. The minimum atomic E-state index is -3.83. The maximum absolute atomic E-state index is 13.0. The fraction of sp³-hybridized carbons (Fsp3) is 0.222. The van der Waals surface area contributed by atoms with Gasteiger partial charge in [0.15, 0.2) is 5.17 Å². The molecule has 11 heteroatoms. The molecule has 154 valence electrons. The highest BCUT2D eigenvalue weighted by Gasteiger charge is 2.29. The van der Waals surface area contributed by atoms with Crippen molar-refractivity contribution in [2.75, 3.05) is 16.8 Å². The van der Waals surface area contributed by atoms with E-state index in [4.69, 9.17) is 34.8 Å². The second-order valence-corrected chi connectivity index (χ2v) is 8.65. The van der Waals surface area contributed by atoms with Crippen LogP contribution in [0.15, 0.2) is 47.5 Å². The Labute approximate surface area is 185 Å². The number of amidine groups is 1. The molecule has 0 saturated heterocycles. The number of nitrogens with zero attached hydrogens (tertiary/aromatic N) is 2. The molecule has 1 aliphatic rings. The van der Waals surface area contributed by atoms with E-state index in [1.807, 2.05) is 6.92 Å². The second kappa shape index (κ2) is 8.95. The van der Waals surface area contributed by atoms with Crippen molar-refractivity contribution in [2.24, 2.45) is 4.99 Å². The Morgan fingerprint density at radius 3 is 2.48 bits per heavy atom. The first kappa shape index (κ1) is 22.0. The molecule has 0 aromatic heterocycles. The van der Waals surface area contributed by atoms with E-state index in [0.717, 1.165) is 0 Å². The maximum atomic E-state index is 13.0. The van der Waals surface area contributed by atoms with Crippen LogP contribution < -0.4 is 15.0 Å². The van der Waals surface area contributed by atoms with Gasteiger partial charge in [-0.05, 0) is 42.5 Å². The van der Waals surface area contributed by atoms with Crippen molar-refractivity contribution in [2.45, 2.75) is 17.7 Å². The number of ether oxygens (including phenoxy) is 1. The Morgan fingerprint density at radius 2 is 1.93 bits per heavy atom. The minimum absolute atomic E-state index is 0.145. The second-order valence-electron chi connectivity index (χ2n) is 5.99. The van der Waals surface area contributed by atoms with Crippen LogP contribution in [0.5, 0.6) is 5.75 Å². The van der Waals surface area contributed by atoms with Crippen LogP contribution in [0.1, 0.15) is 6.92 Å². The molecule has 0 aliphatic carbocycles. The molecule has 2 aromatic rings. The third-order valence-electron chi connectivity index (χ3n) is 3.68. The highest BCUT2D eigenvalue weighted by atomic mass is 35.5. The van der Waals surface area contributed by atoms with E-state index in [1.54, 1.807) is 12.1 Å². The maximum Gasteiger partial charge on any atom is 0.487 e. The number of carbonyl (C=O) groups is 1. The average molecular weight is 481 g/mol. The van der Waals surface area contributed by atoms with Crippen LogP contribution in [0.3, 0.4) is 0 Å². The monoisotopic (exact) mass is 479 g/mol. The first-order chi connectivity index (χ1) is 13.6. The molecule has 29 heavy (non-hydrogen) atoms. The van der Waals surface area contributed by atoms with Crippen LogP contribution in [-0.2, 0) is 0 Å². The fourth-order valence-electron chi connectivity index (χ4n) is 2.45. The number of hydrogen-bond acceptors (Lipinski definition) is 4. The molecule has 0 spiro atoms. The molecule has 2 amide bonds. The van der Waals surface area contributed by atoms with Crippen molar-refractivity contribution < 1.29 is 18.3 Å². The molecule has 3 rings (SSSR count). The third-order valence-corrected chi connectivity index (χ3v) is 5.57. The lowest BCUT2D eigenvalue weighted by Crippen LogP contribution is -2.38. The Hall–Kier alpha value is -1.74. The SMILES string of the molecule is C[C@@H]1CN=C(N(C(=O)Nc2ccc(Cl)c(Cl)c2)c2ccc(OC(F)(F)Cl)cc2)S1. The molecule has 1 aliphatic heterocycles. The van der Waals surface area contributed by atoms with Crippen molar-refractivity contribution in [1.82, 2.24) is 0 Å². The number of urea groups is 1. The molecule has 0 unspecified atom stereocenters. The zero-order chi connectivity index (χ0) is 21.2. The van der Waals surface area contributed by atoms with Crippen LogP contribution in [0.4, 0.5) is 25.0 Å². The molecule has 1 N–H and O–H groups in total. The summed E-state index contributed by atoms with van der Waals surface area (Å²) in [5.41, 5.74) is -2.98. The zero-order valence-electron chi connectivity index (χ0n) is 14.8. The van der Waals surface area contributed by atoms with Crippen molar-refractivity contribution >= 4 is 69.1 Å². The topological polar surface area (TPSA) is 53.9 Å². The average Bonchev–Trinajstić information content (AvgIpc) is 3.04. The number of hydrogen-bond donors (Lipinski definition) is 1. The number of thioether (sulfide) groups is 1. The number of nitrogens with one attached hydrogen (secondary N) is 1. The molecule has 5 nitrogen and oxygen atoms in total.